The van der Waals surface area contributed by atoms with E-state index in [1.165, 1.54) is 0 Å². The summed E-state index contributed by atoms with van der Waals surface area (Å²) in [5.74, 6) is 1.75. The number of nitrogens with zero attached hydrogens (tertiary/aromatic N) is 3. The molecule has 1 fully saturated rings. The van der Waals surface area contributed by atoms with Gasteiger partial charge in [-0.3, -0.25) is 0 Å². The Balaban J connectivity index is 1.48. The lowest BCUT2D eigenvalue weighted by molar-refractivity contribution is 0.193. The second kappa shape index (κ2) is 7.49. The molecule has 138 valence electrons. The third kappa shape index (κ3) is 3.62. The smallest absolute Gasteiger partial charge is 0.322 e. The van der Waals surface area contributed by atoms with Gasteiger partial charge >= 0.3 is 6.03 Å². The van der Waals surface area contributed by atoms with Gasteiger partial charge in [0.15, 0.2) is 0 Å². The van der Waals surface area contributed by atoms with Crippen molar-refractivity contribution in [1.82, 2.24) is 15.0 Å². The minimum absolute atomic E-state index is 0.179. The van der Waals surface area contributed by atoms with E-state index in [1.807, 2.05) is 42.5 Å². The number of anilines is 1. The molecule has 0 spiro atoms. The molecule has 4 rings (SSSR count). The standard InChI is InChI=1S/C20H20N4O3/c1-26-16-11-9-15(10-12-16)21-20(25)24-13-5-8-17(24)19-22-18(23-27-19)14-6-3-2-4-7-14/h2-4,6-7,9-12,17H,5,8,13H2,1H3,(H,21,25). The third-order valence-corrected chi connectivity index (χ3v) is 4.61. The molecule has 1 aromatic heterocycles. The van der Waals surface area contributed by atoms with Crippen LogP contribution in [0.15, 0.2) is 59.1 Å². The third-order valence-electron chi connectivity index (χ3n) is 4.61. The molecule has 1 N–H and O–H groups in total. The zero-order chi connectivity index (χ0) is 18.6. The van der Waals surface area contributed by atoms with E-state index in [1.54, 1.807) is 24.1 Å². The lowest BCUT2D eigenvalue weighted by Gasteiger charge is -2.22. The van der Waals surface area contributed by atoms with Crippen LogP contribution in [0, 0.1) is 0 Å². The molecule has 3 aromatic rings. The molecule has 1 unspecified atom stereocenters. The van der Waals surface area contributed by atoms with Gasteiger partial charge in [0.05, 0.1) is 7.11 Å². The van der Waals surface area contributed by atoms with E-state index in [2.05, 4.69) is 15.5 Å². The number of amides is 2. The van der Waals surface area contributed by atoms with Gasteiger partial charge in [-0.25, -0.2) is 4.79 Å². The molecule has 2 heterocycles. The number of ether oxygens (including phenoxy) is 1. The lowest BCUT2D eigenvalue weighted by Crippen LogP contribution is -2.34. The molecule has 0 radical (unpaired) electrons. The van der Waals surface area contributed by atoms with Crippen molar-refractivity contribution in [3.63, 3.8) is 0 Å². The van der Waals surface area contributed by atoms with Gasteiger partial charge in [0.1, 0.15) is 11.8 Å². The summed E-state index contributed by atoms with van der Waals surface area (Å²) in [5.41, 5.74) is 1.60. The molecule has 7 heteroatoms. The van der Waals surface area contributed by atoms with Gasteiger partial charge in [-0.2, -0.15) is 4.98 Å². The normalized spacial score (nSPS) is 16.3. The second-order valence-electron chi connectivity index (χ2n) is 6.33. The summed E-state index contributed by atoms with van der Waals surface area (Å²) in [6, 6.07) is 16.5. The van der Waals surface area contributed by atoms with Crippen LogP contribution in [-0.4, -0.2) is 34.7 Å². The number of rotatable bonds is 4. The fourth-order valence-electron chi connectivity index (χ4n) is 3.21. The van der Waals surface area contributed by atoms with Crippen molar-refractivity contribution >= 4 is 11.7 Å². The Morgan fingerprint density at radius 1 is 1.19 bits per heavy atom. The maximum absolute atomic E-state index is 12.7. The van der Waals surface area contributed by atoms with Crippen molar-refractivity contribution in [3.05, 3.63) is 60.5 Å². The number of methoxy groups -OCH3 is 1. The van der Waals surface area contributed by atoms with Gasteiger partial charge in [-0.15, -0.1) is 0 Å². The fraction of sp³-hybridized carbons (Fsp3) is 0.250. The van der Waals surface area contributed by atoms with Crippen molar-refractivity contribution in [2.45, 2.75) is 18.9 Å². The molecule has 1 aliphatic heterocycles. The summed E-state index contributed by atoms with van der Waals surface area (Å²) in [4.78, 5) is 19.0. The molecule has 0 aliphatic carbocycles. The Labute approximate surface area is 156 Å². The van der Waals surface area contributed by atoms with Gasteiger partial charge in [0.2, 0.25) is 11.7 Å². The topological polar surface area (TPSA) is 80.5 Å². The minimum atomic E-state index is -0.215. The van der Waals surface area contributed by atoms with Crippen LogP contribution in [0.5, 0.6) is 5.75 Å². The van der Waals surface area contributed by atoms with E-state index in [-0.39, 0.29) is 12.1 Å². The molecule has 2 aromatic carbocycles. The lowest BCUT2D eigenvalue weighted by atomic mass is 10.2. The van der Waals surface area contributed by atoms with Crippen molar-refractivity contribution in [3.8, 4) is 17.1 Å². The van der Waals surface area contributed by atoms with Crippen molar-refractivity contribution in [2.75, 3.05) is 19.0 Å². The summed E-state index contributed by atoms with van der Waals surface area (Å²) in [6.07, 6.45) is 1.69. The predicted octanol–water partition coefficient (Wildman–Crippen LogP) is 4.11. The molecule has 27 heavy (non-hydrogen) atoms. The van der Waals surface area contributed by atoms with E-state index in [4.69, 9.17) is 9.26 Å². The van der Waals surface area contributed by atoms with Crippen LogP contribution in [0.3, 0.4) is 0 Å². The van der Waals surface area contributed by atoms with E-state index in [0.717, 1.165) is 24.2 Å². The number of carbonyl (C=O) groups is 1. The maximum atomic E-state index is 12.7. The Hall–Kier alpha value is -3.35. The maximum Gasteiger partial charge on any atom is 0.322 e. The first-order valence-corrected chi connectivity index (χ1v) is 8.85. The van der Waals surface area contributed by atoms with Crippen LogP contribution in [0.2, 0.25) is 0 Å². The summed E-state index contributed by atoms with van der Waals surface area (Å²) in [6.45, 7) is 0.649. The van der Waals surface area contributed by atoms with Crippen LogP contribution in [0.1, 0.15) is 24.8 Å². The Morgan fingerprint density at radius 2 is 1.96 bits per heavy atom. The van der Waals surface area contributed by atoms with Gasteiger partial charge in [-0.05, 0) is 37.1 Å². The molecule has 7 nitrogen and oxygen atoms in total. The number of benzene rings is 2. The van der Waals surface area contributed by atoms with Crippen LogP contribution in [0.25, 0.3) is 11.4 Å². The first-order chi connectivity index (χ1) is 13.2. The molecule has 1 saturated heterocycles. The van der Waals surface area contributed by atoms with Crippen molar-refractivity contribution in [1.29, 1.82) is 0 Å². The highest BCUT2D eigenvalue weighted by Crippen LogP contribution is 2.32. The largest absolute Gasteiger partial charge is 0.497 e. The van der Waals surface area contributed by atoms with Crippen LogP contribution < -0.4 is 10.1 Å². The zero-order valence-corrected chi connectivity index (χ0v) is 15.0. The number of carbonyl (C=O) groups excluding carboxylic acids is 1. The summed E-state index contributed by atoms with van der Waals surface area (Å²) in [5, 5.41) is 6.98. The molecule has 1 atom stereocenters. The molecule has 0 saturated carbocycles. The van der Waals surface area contributed by atoms with Gasteiger partial charge in [0.25, 0.3) is 0 Å². The highest BCUT2D eigenvalue weighted by molar-refractivity contribution is 5.89. The van der Waals surface area contributed by atoms with Gasteiger partial charge in [0, 0.05) is 17.8 Å². The van der Waals surface area contributed by atoms with Crippen molar-refractivity contribution in [2.24, 2.45) is 0 Å². The first-order valence-electron chi connectivity index (χ1n) is 8.85. The summed E-state index contributed by atoms with van der Waals surface area (Å²) < 4.78 is 10.6. The van der Waals surface area contributed by atoms with Crippen LogP contribution in [0.4, 0.5) is 10.5 Å². The Bertz CT molecular complexity index is 908. The summed E-state index contributed by atoms with van der Waals surface area (Å²) >= 11 is 0. The predicted molar refractivity (Wildman–Crippen MR) is 100 cm³/mol. The second-order valence-corrected chi connectivity index (χ2v) is 6.33. The number of likely N-dealkylation sites (tertiary alicyclic amines) is 1. The zero-order valence-electron chi connectivity index (χ0n) is 15.0. The highest BCUT2D eigenvalue weighted by Gasteiger charge is 2.34. The first kappa shape index (κ1) is 17.1. The SMILES string of the molecule is COc1ccc(NC(=O)N2CCCC2c2nc(-c3ccccc3)no2)cc1. The molecule has 1 aliphatic rings. The molecular formula is C20H20N4O3. The minimum Gasteiger partial charge on any atom is -0.497 e. The number of aromatic nitrogens is 2. The number of urea groups is 1. The van der Waals surface area contributed by atoms with E-state index >= 15 is 0 Å². The monoisotopic (exact) mass is 364 g/mol. The van der Waals surface area contributed by atoms with Gasteiger partial charge < -0.3 is 19.5 Å². The number of nitrogens with one attached hydrogen (secondary N) is 1. The number of hydrogen-bond acceptors (Lipinski definition) is 5. The Morgan fingerprint density at radius 3 is 2.70 bits per heavy atom. The van der Waals surface area contributed by atoms with Gasteiger partial charge in [-0.1, -0.05) is 35.5 Å². The highest BCUT2D eigenvalue weighted by atomic mass is 16.5. The molecule has 2 amide bonds. The average Bonchev–Trinajstić information content (AvgIpc) is 3.38. The molecular weight excluding hydrogens is 344 g/mol. The summed E-state index contributed by atoms with van der Waals surface area (Å²) in [7, 11) is 1.61. The number of hydrogen-bond donors (Lipinski definition) is 1. The molecule has 0 bridgehead atoms. The van der Waals surface area contributed by atoms with Crippen LogP contribution >= 0.6 is 0 Å². The van der Waals surface area contributed by atoms with E-state index < -0.39 is 0 Å². The quantitative estimate of drug-likeness (QED) is 0.753. The van der Waals surface area contributed by atoms with Crippen LogP contribution in [-0.2, 0) is 0 Å². The van der Waals surface area contributed by atoms with E-state index in [9.17, 15) is 4.79 Å². The van der Waals surface area contributed by atoms with Crippen molar-refractivity contribution < 1.29 is 14.1 Å². The fourth-order valence-corrected chi connectivity index (χ4v) is 3.21. The van der Waals surface area contributed by atoms with E-state index in [0.29, 0.717) is 23.9 Å². The average molecular weight is 364 g/mol. The Kier molecular flexibility index (Phi) is 4.74.